The van der Waals surface area contributed by atoms with E-state index in [-0.39, 0.29) is 5.63 Å². The fraction of sp³-hybridized carbons (Fsp3) is 0.211. The molecule has 0 unspecified atom stereocenters. The van der Waals surface area contributed by atoms with Crippen LogP contribution in [0.4, 0.5) is 0 Å². The normalized spacial score (nSPS) is 11.0. The Labute approximate surface area is 129 Å². The van der Waals surface area contributed by atoms with Crippen LogP contribution >= 0.6 is 0 Å². The minimum Gasteiger partial charge on any atom is -0.493 e. The van der Waals surface area contributed by atoms with E-state index in [1.807, 2.05) is 42.5 Å². The zero-order valence-electron chi connectivity index (χ0n) is 12.7. The molecule has 3 aromatic rings. The number of fused-ring (bicyclic) bond motifs is 1. The van der Waals surface area contributed by atoms with E-state index in [0.29, 0.717) is 18.1 Å². The smallest absolute Gasteiger partial charge is 0.336 e. The maximum Gasteiger partial charge on any atom is 0.336 e. The van der Waals surface area contributed by atoms with Crippen molar-refractivity contribution in [1.29, 1.82) is 0 Å². The summed E-state index contributed by atoms with van der Waals surface area (Å²) in [4.78, 5) is 11.8. The van der Waals surface area contributed by atoms with E-state index in [1.165, 1.54) is 6.07 Å². The molecule has 0 spiro atoms. The predicted molar refractivity (Wildman–Crippen MR) is 88.3 cm³/mol. The van der Waals surface area contributed by atoms with Crippen LogP contribution in [0.15, 0.2) is 63.8 Å². The summed E-state index contributed by atoms with van der Waals surface area (Å²) >= 11 is 0. The molecular weight excluding hydrogens is 276 g/mol. The largest absolute Gasteiger partial charge is 0.493 e. The van der Waals surface area contributed by atoms with Crippen LogP contribution in [-0.4, -0.2) is 6.61 Å². The Kier molecular flexibility index (Phi) is 3.96. The van der Waals surface area contributed by atoms with Gasteiger partial charge in [-0.2, -0.15) is 0 Å². The van der Waals surface area contributed by atoms with E-state index in [9.17, 15) is 4.79 Å². The molecule has 0 bridgehead atoms. The van der Waals surface area contributed by atoms with Crippen molar-refractivity contribution in [2.45, 2.75) is 13.8 Å². The lowest BCUT2D eigenvalue weighted by Gasteiger charge is -2.10. The van der Waals surface area contributed by atoms with Crippen molar-refractivity contribution in [1.82, 2.24) is 0 Å². The van der Waals surface area contributed by atoms with Gasteiger partial charge < -0.3 is 9.15 Å². The summed E-state index contributed by atoms with van der Waals surface area (Å²) in [5.74, 6) is 1.16. The summed E-state index contributed by atoms with van der Waals surface area (Å²) < 4.78 is 11.0. The van der Waals surface area contributed by atoms with Crippen LogP contribution in [-0.2, 0) is 0 Å². The highest BCUT2D eigenvalue weighted by Gasteiger charge is 2.09. The molecule has 1 aromatic heterocycles. The lowest BCUT2D eigenvalue weighted by atomic mass is 10.0. The van der Waals surface area contributed by atoms with Gasteiger partial charge in [-0.1, -0.05) is 44.2 Å². The third-order valence-electron chi connectivity index (χ3n) is 3.38. The highest BCUT2D eigenvalue weighted by atomic mass is 16.5. The van der Waals surface area contributed by atoms with Crippen LogP contribution in [0.1, 0.15) is 13.8 Å². The van der Waals surface area contributed by atoms with Gasteiger partial charge in [-0.3, -0.25) is 0 Å². The Hall–Kier alpha value is -2.55. The van der Waals surface area contributed by atoms with Crippen LogP contribution < -0.4 is 10.4 Å². The lowest BCUT2D eigenvalue weighted by Crippen LogP contribution is -2.04. The van der Waals surface area contributed by atoms with Crippen molar-refractivity contribution in [3.63, 3.8) is 0 Å². The first-order valence-electron chi connectivity index (χ1n) is 7.39. The second-order valence-corrected chi connectivity index (χ2v) is 5.71. The monoisotopic (exact) mass is 294 g/mol. The average Bonchev–Trinajstić information content (AvgIpc) is 2.52. The molecule has 0 aliphatic heterocycles. The third-order valence-corrected chi connectivity index (χ3v) is 3.38. The topological polar surface area (TPSA) is 39.4 Å². The van der Waals surface area contributed by atoms with E-state index in [2.05, 4.69) is 13.8 Å². The van der Waals surface area contributed by atoms with Crippen molar-refractivity contribution in [2.24, 2.45) is 5.92 Å². The Balaban J connectivity index is 2.09. The molecule has 0 saturated heterocycles. The SMILES string of the molecule is CC(C)COc1ccc2c(-c3ccccc3)cc(=O)oc2c1. The quantitative estimate of drug-likeness (QED) is 0.665. The Morgan fingerprint density at radius 2 is 1.82 bits per heavy atom. The van der Waals surface area contributed by atoms with Gasteiger partial charge in [-0.25, -0.2) is 4.79 Å². The van der Waals surface area contributed by atoms with Gasteiger partial charge >= 0.3 is 5.63 Å². The van der Waals surface area contributed by atoms with E-state index >= 15 is 0 Å². The lowest BCUT2D eigenvalue weighted by molar-refractivity contribution is 0.271. The molecule has 3 heteroatoms. The fourth-order valence-electron chi connectivity index (χ4n) is 2.35. The molecule has 0 aliphatic carbocycles. The second kappa shape index (κ2) is 6.06. The Morgan fingerprint density at radius 1 is 1.05 bits per heavy atom. The molecule has 1 heterocycles. The van der Waals surface area contributed by atoms with Gasteiger partial charge in [-0.15, -0.1) is 0 Å². The molecule has 22 heavy (non-hydrogen) atoms. The standard InChI is InChI=1S/C19H18O3/c1-13(2)12-21-15-8-9-16-17(14-6-4-3-5-7-14)11-19(20)22-18(16)10-15/h3-11,13H,12H2,1-2H3. The summed E-state index contributed by atoms with van der Waals surface area (Å²) in [5.41, 5.74) is 2.07. The summed E-state index contributed by atoms with van der Waals surface area (Å²) in [7, 11) is 0. The number of benzene rings is 2. The highest BCUT2D eigenvalue weighted by molar-refractivity contribution is 5.93. The molecule has 0 saturated carbocycles. The second-order valence-electron chi connectivity index (χ2n) is 5.71. The molecule has 0 N–H and O–H groups in total. The van der Waals surface area contributed by atoms with Gasteiger partial charge in [0.1, 0.15) is 11.3 Å². The predicted octanol–water partition coefficient (Wildman–Crippen LogP) is 4.49. The van der Waals surface area contributed by atoms with Crippen LogP contribution in [0.5, 0.6) is 5.75 Å². The minimum atomic E-state index is -0.354. The number of hydrogen-bond acceptors (Lipinski definition) is 3. The van der Waals surface area contributed by atoms with Crippen molar-refractivity contribution >= 4 is 11.0 Å². The van der Waals surface area contributed by atoms with Crippen LogP contribution in [0.25, 0.3) is 22.1 Å². The first-order chi connectivity index (χ1) is 10.6. The fourth-order valence-corrected chi connectivity index (χ4v) is 2.35. The van der Waals surface area contributed by atoms with E-state index in [0.717, 1.165) is 22.3 Å². The first kappa shape index (κ1) is 14.4. The van der Waals surface area contributed by atoms with Crippen LogP contribution in [0, 0.1) is 5.92 Å². The summed E-state index contributed by atoms with van der Waals surface area (Å²) in [6.45, 7) is 4.82. The molecule has 0 amide bonds. The number of rotatable bonds is 4. The van der Waals surface area contributed by atoms with Crippen molar-refractivity contribution < 1.29 is 9.15 Å². The molecule has 112 valence electrons. The number of ether oxygens (including phenoxy) is 1. The van der Waals surface area contributed by atoms with Gasteiger partial charge in [0.2, 0.25) is 0 Å². The molecule has 2 aromatic carbocycles. The van der Waals surface area contributed by atoms with Crippen molar-refractivity contribution in [3.8, 4) is 16.9 Å². The zero-order valence-corrected chi connectivity index (χ0v) is 12.7. The maximum absolute atomic E-state index is 11.8. The first-order valence-corrected chi connectivity index (χ1v) is 7.39. The summed E-state index contributed by atoms with van der Waals surface area (Å²) in [6.07, 6.45) is 0. The Morgan fingerprint density at radius 3 is 2.55 bits per heavy atom. The molecule has 0 fully saturated rings. The van der Waals surface area contributed by atoms with Gasteiger partial charge in [0.25, 0.3) is 0 Å². The van der Waals surface area contributed by atoms with Crippen LogP contribution in [0.2, 0.25) is 0 Å². The van der Waals surface area contributed by atoms with Gasteiger partial charge in [0, 0.05) is 17.5 Å². The van der Waals surface area contributed by atoms with E-state index in [4.69, 9.17) is 9.15 Å². The Bertz CT molecular complexity index is 832. The van der Waals surface area contributed by atoms with Crippen LogP contribution in [0.3, 0.4) is 0 Å². The molecular formula is C19H18O3. The zero-order chi connectivity index (χ0) is 15.5. The maximum atomic E-state index is 11.8. The average molecular weight is 294 g/mol. The highest BCUT2D eigenvalue weighted by Crippen LogP contribution is 2.29. The third kappa shape index (κ3) is 3.03. The van der Waals surface area contributed by atoms with Gasteiger partial charge in [-0.05, 0) is 29.2 Å². The van der Waals surface area contributed by atoms with E-state index < -0.39 is 0 Å². The molecule has 0 atom stereocenters. The molecule has 0 aliphatic rings. The van der Waals surface area contributed by atoms with Gasteiger partial charge in [0.05, 0.1) is 6.61 Å². The molecule has 3 rings (SSSR count). The van der Waals surface area contributed by atoms with Crippen molar-refractivity contribution in [3.05, 3.63) is 65.0 Å². The molecule has 3 nitrogen and oxygen atoms in total. The molecule has 0 radical (unpaired) electrons. The van der Waals surface area contributed by atoms with E-state index in [1.54, 1.807) is 6.07 Å². The summed E-state index contributed by atoms with van der Waals surface area (Å²) in [6, 6.07) is 17.0. The van der Waals surface area contributed by atoms with Gasteiger partial charge in [0.15, 0.2) is 0 Å². The summed E-state index contributed by atoms with van der Waals surface area (Å²) in [5, 5.41) is 0.905. The minimum absolute atomic E-state index is 0.354. The van der Waals surface area contributed by atoms with Crippen molar-refractivity contribution in [2.75, 3.05) is 6.61 Å². The number of hydrogen-bond donors (Lipinski definition) is 0.